The number of anilines is 1. The van der Waals surface area contributed by atoms with Gasteiger partial charge < -0.3 is 10.0 Å². The van der Waals surface area contributed by atoms with Gasteiger partial charge in [0.15, 0.2) is 9.84 Å². The second kappa shape index (κ2) is 6.81. The molecule has 0 saturated carbocycles. The number of hydrogen-bond donors (Lipinski definition) is 1. The van der Waals surface area contributed by atoms with E-state index in [1.165, 1.54) is 24.0 Å². The van der Waals surface area contributed by atoms with Crippen LogP contribution in [-0.2, 0) is 9.84 Å². The summed E-state index contributed by atoms with van der Waals surface area (Å²) in [4.78, 5) is 1.21. The minimum Gasteiger partial charge on any atom is -0.395 e. The lowest BCUT2D eigenvalue weighted by atomic mass is 10.3. The molecule has 0 spiro atoms. The van der Waals surface area contributed by atoms with E-state index >= 15 is 0 Å². The summed E-state index contributed by atoms with van der Waals surface area (Å²) >= 11 is 0. The quantitative estimate of drug-likeness (QED) is 0.828. The molecule has 0 amide bonds. The zero-order valence-electron chi connectivity index (χ0n) is 10.6. The van der Waals surface area contributed by atoms with Gasteiger partial charge in [-0.25, -0.2) is 17.2 Å². The second-order valence-corrected chi connectivity index (χ2v) is 6.18. The summed E-state index contributed by atoms with van der Waals surface area (Å²) in [6.45, 7) is 0.514. The Balaban J connectivity index is 3.23. The van der Waals surface area contributed by atoms with E-state index < -0.39 is 22.8 Å². The number of hydrogen-bond acceptors (Lipinski definition) is 4. The minimum absolute atomic E-state index is 0.0200. The van der Waals surface area contributed by atoms with Crippen LogP contribution in [0.15, 0.2) is 29.2 Å². The van der Waals surface area contributed by atoms with Gasteiger partial charge in [0.25, 0.3) is 6.43 Å². The van der Waals surface area contributed by atoms with Gasteiger partial charge in [-0.2, -0.15) is 0 Å². The molecule has 0 aliphatic carbocycles. The third-order valence-electron chi connectivity index (χ3n) is 2.65. The maximum absolute atomic E-state index is 12.5. The number of nitrogens with zero attached hydrogens (tertiary/aromatic N) is 1. The van der Waals surface area contributed by atoms with Crippen LogP contribution < -0.4 is 4.90 Å². The van der Waals surface area contributed by atoms with Crippen LogP contribution in [-0.4, -0.2) is 45.4 Å². The molecular weight excluding hydrogens is 276 g/mol. The Kier molecular flexibility index (Phi) is 5.68. The van der Waals surface area contributed by atoms with Crippen LogP contribution >= 0.6 is 0 Å². The number of sulfone groups is 1. The van der Waals surface area contributed by atoms with Crippen molar-refractivity contribution in [2.75, 3.05) is 30.3 Å². The number of alkyl halides is 2. The van der Waals surface area contributed by atoms with Gasteiger partial charge in [0.2, 0.25) is 0 Å². The van der Waals surface area contributed by atoms with Gasteiger partial charge in [-0.15, -0.1) is 0 Å². The fraction of sp³-hybridized carbons (Fsp3) is 0.500. The zero-order valence-corrected chi connectivity index (χ0v) is 11.4. The number of benzene rings is 1. The smallest absolute Gasteiger partial charge is 0.255 e. The minimum atomic E-state index is -3.50. The molecule has 19 heavy (non-hydrogen) atoms. The van der Waals surface area contributed by atoms with Gasteiger partial charge in [-0.3, -0.25) is 0 Å². The largest absolute Gasteiger partial charge is 0.395 e. The molecule has 108 valence electrons. The first-order chi connectivity index (χ1) is 8.92. The molecule has 0 saturated heterocycles. The predicted molar refractivity (Wildman–Crippen MR) is 69.5 cm³/mol. The summed E-state index contributed by atoms with van der Waals surface area (Å²) in [7, 11) is -3.50. The Hall–Kier alpha value is -1.21. The highest BCUT2D eigenvalue weighted by molar-refractivity contribution is 7.91. The second-order valence-electron chi connectivity index (χ2n) is 3.93. The average Bonchev–Trinajstić information content (AvgIpc) is 2.38. The first kappa shape index (κ1) is 15.8. The lowest BCUT2D eigenvalue weighted by Gasteiger charge is -2.25. The van der Waals surface area contributed by atoms with Crippen LogP contribution in [0.4, 0.5) is 14.5 Å². The van der Waals surface area contributed by atoms with Crippen molar-refractivity contribution >= 4 is 15.5 Å². The molecule has 0 aliphatic heterocycles. The Morgan fingerprint density at radius 1 is 1.32 bits per heavy atom. The summed E-state index contributed by atoms with van der Waals surface area (Å²) in [6.07, 6.45) is -2.61. The Labute approximate surface area is 111 Å². The molecule has 1 aromatic carbocycles. The highest BCUT2D eigenvalue weighted by Crippen LogP contribution is 2.26. The Morgan fingerprint density at radius 2 is 1.95 bits per heavy atom. The lowest BCUT2D eigenvalue weighted by Crippen LogP contribution is -2.32. The molecule has 0 aliphatic rings. The lowest BCUT2D eigenvalue weighted by molar-refractivity contribution is 0.152. The Morgan fingerprint density at radius 3 is 2.47 bits per heavy atom. The normalized spacial score (nSPS) is 11.8. The molecule has 1 N–H and O–H groups in total. The van der Waals surface area contributed by atoms with E-state index in [9.17, 15) is 17.2 Å². The number of rotatable bonds is 7. The molecule has 0 radical (unpaired) electrons. The van der Waals surface area contributed by atoms with Crippen LogP contribution in [0.3, 0.4) is 0 Å². The van der Waals surface area contributed by atoms with E-state index in [4.69, 9.17) is 5.11 Å². The van der Waals surface area contributed by atoms with Crippen molar-refractivity contribution < 1.29 is 22.3 Å². The summed E-state index contributed by atoms with van der Waals surface area (Å²) in [6, 6.07) is 6.00. The summed E-state index contributed by atoms with van der Waals surface area (Å²) in [5, 5.41) is 8.93. The van der Waals surface area contributed by atoms with E-state index in [0.717, 1.165) is 0 Å². The molecule has 0 heterocycles. The third-order valence-corrected chi connectivity index (χ3v) is 4.42. The van der Waals surface area contributed by atoms with Crippen LogP contribution in [0.5, 0.6) is 0 Å². The molecule has 7 heteroatoms. The van der Waals surface area contributed by atoms with Gasteiger partial charge in [0.1, 0.15) is 0 Å². The number of aliphatic hydroxyl groups excluding tert-OH is 1. The van der Waals surface area contributed by atoms with Crippen molar-refractivity contribution in [2.45, 2.75) is 18.2 Å². The number of halogens is 2. The van der Waals surface area contributed by atoms with Crippen molar-refractivity contribution in [1.29, 1.82) is 0 Å². The predicted octanol–water partition coefficient (Wildman–Crippen LogP) is 1.54. The van der Waals surface area contributed by atoms with Gasteiger partial charge >= 0.3 is 0 Å². The van der Waals surface area contributed by atoms with Crippen LogP contribution in [0, 0.1) is 0 Å². The van der Waals surface area contributed by atoms with Crippen LogP contribution in [0.25, 0.3) is 0 Å². The molecule has 0 atom stereocenters. The van der Waals surface area contributed by atoms with Gasteiger partial charge in [-0.05, 0) is 12.1 Å². The van der Waals surface area contributed by atoms with Gasteiger partial charge in [-0.1, -0.05) is 19.1 Å². The number of para-hydroxylation sites is 1. The van der Waals surface area contributed by atoms with Crippen molar-refractivity contribution in [3.05, 3.63) is 24.3 Å². The first-order valence-electron chi connectivity index (χ1n) is 5.88. The molecule has 1 rings (SSSR count). The monoisotopic (exact) mass is 293 g/mol. The van der Waals surface area contributed by atoms with Crippen molar-refractivity contribution in [2.24, 2.45) is 0 Å². The standard InChI is InChI=1S/C12H17F2NO3S/c1-2-19(17,18)11-6-4-3-5-10(11)15(7-8-16)9-12(13)14/h3-6,12,16H,2,7-9H2,1H3. The summed E-state index contributed by atoms with van der Waals surface area (Å²) in [5.41, 5.74) is 0.207. The van der Waals surface area contributed by atoms with E-state index in [1.54, 1.807) is 12.1 Å². The molecular formula is C12H17F2NO3S. The number of aliphatic hydroxyl groups is 1. The molecule has 0 aromatic heterocycles. The first-order valence-corrected chi connectivity index (χ1v) is 7.53. The van der Waals surface area contributed by atoms with Crippen molar-refractivity contribution in [3.8, 4) is 0 Å². The van der Waals surface area contributed by atoms with Crippen molar-refractivity contribution in [3.63, 3.8) is 0 Å². The average molecular weight is 293 g/mol. The van der Waals surface area contributed by atoms with Gasteiger partial charge in [0.05, 0.1) is 29.5 Å². The highest BCUT2D eigenvalue weighted by Gasteiger charge is 2.21. The van der Waals surface area contributed by atoms with E-state index in [-0.39, 0.29) is 29.5 Å². The molecule has 0 unspecified atom stereocenters. The van der Waals surface area contributed by atoms with E-state index in [2.05, 4.69) is 0 Å². The fourth-order valence-corrected chi connectivity index (χ4v) is 2.85. The zero-order chi connectivity index (χ0) is 14.5. The van der Waals surface area contributed by atoms with Crippen molar-refractivity contribution in [1.82, 2.24) is 0 Å². The third kappa shape index (κ3) is 4.14. The summed E-state index contributed by atoms with van der Waals surface area (Å²) in [5.74, 6) is -0.105. The molecule has 1 aromatic rings. The van der Waals surface area contributed by atoms with Crippen LogP contribution in [0.1, 0.15) is 6.92 Å². The topological polar surface area (TPSA) is 57.6 Å². The fourth-order valence-electron chi connectivity index (χ4n) is 1.73. The molecule has 0 bridgehead atoms. The molecule has 4 nitrogen and oxygen atoms in total. The maximum Gasteiger partial charge on any atom is 0.255 e. The SMILES string of the molecule is CCS(=O)(=O)c1ccccc1N(CCO)CC(F)F. The maximum atomic E-state index is 12.5. The van der Waals surface area contributed by atoms with E-state index in [0.29, 0.717) is 0 Å². The highest BCUT2D eigenvalue weighted by atomic mass is 32.2. The van der Waals surface area contributed by atoms with Crippen LogP contribution in [0.2, 0.25) is 0 Å². The van der Waals surface area contributed by atoms with E-state index in [1.807, 2.05) is 0 Å². The summed E-state index contributed by atoms with van der Waals surface area (Å²) < 4.78 is 48.9. The van der Waals surface area contributed by atoms with Gasteiger partial charge in [0, 0.05) is 6.54 Å². The molecule has 0 fully saturated rings. The Bertz CT molecular complexity index is 505.